The zero-order valence-electron chi connectivity index (χ0n) is 14.2. The van der Waals surface area contributed by atoms with Gasteiger partial charge in [-0.1, -0.05) is 40.2 Å². The quantitative estimate of drug-likeness (QED) is 0.207. The Morgan fingerprint density at radius 1 is 1.42 bits per heavy atom. The average Bonchev–Trinajstić information content (AvgIpc) is 2.59. The Labute approximate surface area is 152 Å². The van der Waals surface area contributed by atoms with E-state index < -0.39 is 5.41 Å². The average molecular weight is 391 g/mol. The number of unbranched alkanes of at least 4 members (excludes halogenated alkanes) is 1. The third-order valence-electron chi connectivity index (χ3n) is 3.96. The van der Waals surface area contributed by atoms with Crippen molar-refractivity contribution in [3.8, 4) is 12.3 Å². The maximum atomic E-state index is 12.5. The summed E-state index contributed by atoms with van der Waals surface area (Å²) < 4.78 is 4.88. The lowest BCUT2D eigenvalue weighted by Gasteiger charge is -2.28. The van der Waals surface area contributed by atoms with E-state index in [0.29, 0.717) is 24.8 Å². The Morgan fingerprint density at radius 2 is 2.17 bits per heavy atom. The van der Waals surface area contributed by atoms with Gasteiger partial charge in [-0.3, -0.25) is 4.79 Å². The molecule has 0 aliphatic carbocycles. The van der Waals surface area contributed by atoms with Crippen molar-refractivity contribution in [1.82, 2.24) is 0 Å². The second-order valence-corrected chi connectivity index (χ2v) is 6.22. The number of hydrogen-bond donors (Lipinski definition) is 0. The molecule has 3 nitrogen and oxygen atoms in total. The van der Waals surface area contributed by atoms with Crippen molar-refractivity contribution in [3.63, 3.8) is 0 Å². The van der Waals surface area contributed by atoms with Gasteiger partial charge in [0.15, 0.2) is 5.78 Å². The van der Waals surface area contributed by atoms with Gasteiger partial charge in [-0.05, 0) is 43.9 Å². The fourth-order valence-electron chi connectivity index (χ4n) is 2.48. The number of Topliss-reactive ketones (excluding diaryl/α,β-unsaturated/α-hetero) is 1. The van der Waals surface area contributed by atoms with Crippen LogP contribution in [-0.4, -0.2) is 23.7 Å². The lowest BCUT2D eigenvalue weighted by atomic mass is 9.75. The van der Waals surface area contributed by atoms with Gasteiger partial charge in [-0.2, -0.15) is 0 Å². The van der Waals surface area contributed by atoms with Gasteiger partial charge >= 0.3 is 5.97 Å². The monoisotopic (exact) mass is 390 g/mol. The first-order chi connectivity index (χ1) is 11.5. The Kier molecular flexibility index (Phi) is 8.49. The molecule has 1 aromatic rings. The van der Waals surface area contributed by atoms with Crippen LogP contribution in [0.5, 0.6) is 0 Å². The Hall–Kier alpha value is -1.86. The van der Waals surface area contributed by atoms with Gasteiger partial charge in [0.05, 0.1) is 17.4 Å². The van der Waals surface area contributed by atoms with Crippen LogP contribution >= 0.6 is 15.9 Å². The van der Waals surface area contributed by atoms with E-state index in [-0.39, 0.29) is 11.8 Å². The van der Waals surface area contributed by atoms with E-state index in [9.17, 15) is 9.59 Å². The molecule has 1 aromatic carbocycles. The lowest BCUT2D eigenvalue weighted by molar-refractivity contribution is -0.137. The summed E-state index contributed by atoms with van der Waals surface area (Å²) in [5.74, 6) is 2.36. The van der Waals surface area contributed by atoms with Crippen LogP contribution in [0.1, 0.15) is 44.2 Å². The molecule has 0 aliphatic rings. The van der Waals surface area contributed by atoms with E-state index >= 15 is 0 Å². The SMILES string of the molecule is C#CCCCC(C)(C(=O)CBr)c1cccc(/C=C/C(=O)OCC)c1. The van der Waals surface area contributed by atoms with Crippen LogP contribution < -0.4 is 0 Å². The number of rotatable bonds is 9. The van der Waals surface area contributed by atoms with Crippen molar-refractivity contribution in [2.24, 2.45) is 0 Å². The fourth-order valence-corrected chi connectivity index (χ4v) is 3.10. The Balaban J connectivity index is 3.07. The first-order valence-electron chi connectivity index (χ1n) is 7.96. The maximum absolute atomic E-state index is 12.5. The molecular formula is C20H23BrO3. The van der Waals surface area contributed by atoms with Gasteiger partial charge < -0.3 is 4.74 Å². The second kappa shape index (κ2) is 10.1. The van der Waals surface area contributed by atoms with E-state index in [1.54, 1.807) is 13.0 Å². The van der Waals surface area contributed by atoms with Crippen molar-refractivity contribution < 1.29 is 14.3 Å². The predicted molar refractivity (Wildman–Crippen MR) is 101 cm³/mol. The van der Waals surface area contributed by atoms with Crippen molar-refractivity contribution in [2.45, 2.75) is 38.5 Å². The summed E-state index contributed by atoms with van der Waals surface area (Å²) in [4.78, 5) is 23.9. The number of terminal acetylenes is 1. The summed E-state index contributed by atoms with van der Waals surface area (Å²) in [6.07, 6.45) is 10.5. The van der Waals surface area contributed by atoms with Crippen LogP contribution in [0.2, 0.25) is 0 Å². The fraction of sp³-hybridized carbons (Fsp3) is 0.400. The van der Waals surface area contributed by atoms with Crippen molar-refractivity contribution in [3.05, 3.63) is 41.5 Å². The summed E-state index contributed by atoms with van der Waals surface area (Å²) in [5.41, 5.74) is 1.18. The van der Waals surface area contributed by atoms with Crippen molar-refractivity contribution in [1.29, 1.82) is 0 Å². The number of ketones is 1. The summed E-state index contributed by atoms with van der Waals surface area (Å²) >= 11 is 3.28. The van der Waals surface area contributed by atoms with Crippen molar-refractivity contribution in [2.75, 3.05) is 11.9 Å². The zero-order valence-corrected chi connectivity index (χ0v) is 15.8. The number of benzene rings is 1. The molecule has 0 fully saturated rings. The number of carbonyl (C=O) groups is 2. The summed E-state index contributed by atoms with van der Waals surface area (Å²) in [6.45, 7) is 4.05. The molecule has 24 heavy (non-hydrogen) atoms. The topological polar surface area (TPSA) is 43.4 Å². The van der Waals surface area contributed by atoms with Gasteiger partial charge in [0.2, 0.25) is 0 Å². The van der Waals surface area contributed by atoms with Gasteiger partial charge in [0, 0.05) is 12.5 Å². The van der Waals surface area contributed by atoms with Crippen molar-refractivity contribution >= 4 is 33.8 Å². The molecule has 0 saturated carbocycles. The highest BCUT2D eigenvalue weighted by atomic mass is 79.9. The number of ether oxygens (including phenoxy) is 1. The largest absolute Gasteiger partial charge is 0.463 e. The molecule has 1 rings (SSSR count). The van der Waals surface area contributed by atoms with E-state index in [1.165, 1.54) is 6.08 Å². The molecule has 4 heteroatoms. The van der Waals surface area contributed by atoms with Gasteiger partial charge in [0.1, 0.15) is 0 Å². The van der Waals surface area contributed by atoms with Crippen LogP contribution in [0.25, 0.3) is 6.08 Å². The molecule has 1 atom stereocenters. The van der Waals surface area contributed by atoms with Gasteiger partial charge in [-0.15, -0.1) is 12.3 Å². The number of carbonyl (C=O) groups excluding carboxylic acids is 2. The summed E-state index contributed by atoms with van der Waals surface area (Å²) in [5, 5.41) is 0.294. The van der Waals surface area contributed by atoms with Crippen LogP contribution in [0.4, 0.5) is 0 Å². The number of hydrogen-bond acceptors (Lipinski definition) is 3. The highest BCUT2D eigenvalue weighted by Gasteiger charge is 2.33. The first-order valence-corrected chi connectivity index (χ1v) is 9.08. The smallest absolute Gasteiger partial charge is 0.330 e. The highest BCUT2D eigenvalue weighted by Crippen LogP contribution is 2.32. The minimum atomic E-state index is -0.603. The number of alkyl halides is 1. The van der Waals surface area contributed by atoms with E-state index in [0.717, 1.165) is 17.5 Å². The molecule has 1 unspecified atom stereocenters. The number of esters is 1. The molecule has 0 saturated heterocycles. The van der Waals surface area contributed by atoms with Crippen LogP contribution in [0, 0.1) is 12.3 Å². The zero-order chi connectivity index (χ0) is 18.0. The van der Waals surface area contributed by atoms with E-state index in [4.69, 9.17) is 11.2 Å². The standard InChI is InChI=1S/C20H23BrO3/c1-4-6-7-13-20(3,18(22)15-21)17-10-8-9-16(14-17)11-12-19(23)24-5-2/h1,8-12,14H,5-7,13,15H2,2-3H3/b12-11+. The molecular weight excluding hydrogens is 368 g/mol. The van der Waals surface area contributed by atoms with Gasteiger partial charge in [0.25, 0.3) is 0 Å². The Morgan fingerprint density at radius 3 is 2.79 bits per heavy atom. The van der Waals surface area contributed by atoms with Gasteiger partial charge in [-0.25, -0.2) is 4.79 Å². The molecule has 0 heterocycles. The molecule has 0 spiro atoms. The second-order valence-electron chi connectivity index (χ2n) is 5.66. The van der Waals surface area contributed by atoms with Crippen LogP contribution in [0.15, 0.2) is 30.3 Å². The van der Waals surface area contributed by atoms with Crippen LogP contribution in [-0.2, 0) is 19.7 Å². The molecule has 0 amide bonds. The summed E-state index contributed by atoms with van der Waals surface area (Å²) in [7, 11) is 0. The van der Waals surface area contributed by atoms with Crippen LogP contribution in [0.3, 0.4) is 0 Å². The minimum Gasteiger partial charge on any atom is -0.463 e. The van der Waals surface area contributed by atoms with E-state index in [1.807, 2.05) is 31.2 Å². The molecule has 0 aromatic heterocycles. The molecule has 128 valence electrons. The number of halogens is 1. The maximum Gasteiger partial charge on any atom is 0.330 e. The third-order valence-corrected chi connectivity index (χ3v) is 4.47. The summed E-state index contributed by atoms with van der Waals surface area (Å²) in [6, 6.07) is 7.66. The lowest BCUT2D eigenvalue weighted by Crippen LogP contribution is -2.33. The molecule has 0 N–H and O–H groups in total. The minimum absolute atomic E-state index is 0.117. The first kappa shape index (κ1) is 20.2. The molecule has 0 radical (unpaired) electrons. The third kappa shape index (κ3) is 5.65. The highest BCUT2D eigenvalue weighted by molar-refractivity contribution is 9.09. The Bertz CT molecular complexity index is 643. The predicted octanol–water partition coefficient (Wildman–Crippen LogP) is 4.29. The molecule has 0 bridgehead atoms. The van der Waals surface area contributed by atoms with E-state index in [2.05, 4.69) is 21.9 Å². The molecule has 0 aliphatic heterocycles. The normalized spacial score (nSPS) is 13.2.